The summed E-state index contributed by atoms with van der Waals surface area (Å²) in [5.74, 6) is 6.32. The van der Waals surface area contributed by atoms with Gasteiger partial charge in [-0.15, -0.1) is 0 Å². The minimum atomic E-state index is 0.262. The maximum Gasteiger partial charge on any atom is 0.00966 e. The van der Waals surface area contributed by atoms with Gasteiger partial charge in [0.25, 0.3) is 0 Å². The van der Waals surface area contributed by atoms with E-state index < -0.39 is 0 Å². The van der Waals surface area contributed by atoms with Crippen molar-refractivity contribution in [2.24, 2.45) is 23.7 Å². The standard InChI is InChI=1S/C18H37NS/c1-7-20-11-10-16-12-15(14(2)3)8-9-17(16)13-19-18(4,5)6/h14-17,19H,7-13H2,1-6H3. The molecule has 0 heterocycles. The fourth-order valence-electron chi connectivity index (χ4n) is 3.41. The van der Waals surface area contributed by atoms with E-state index in [1.165, 1.54) is 43.7 Å². The molecule has 3 atom stereocenters. The number of rotatable bonds is 7. The molecule has 20 heavy (non-hydrogen) atoms. The molecule has 0 aromatic heterocycles. The Morgan fingerprint density at radius 1 is 1.15 bits per heavy atom. The highest BCUT2D eigenvalue weighted by Gasteiger charge is 2.31. The van der Waals surface area contributed by atoms with Gasteiger partial charge in [0.2, 0.25) is 0 Å². The van der Waals surface area contributed by atoms with Crippen LogP contribution in [0.3, 0.4) is 0 Å². The summed E-state index contributed by atoms with van der Waals surface area (Å²) in [6.45, 7) is 15.2. The molecule has 2 heteroatoms. The molecule has 1 nitrogen and oxygen atoms in total. The Morgan fingerprint density at radius 3 is 2.40 bits per heavy atom. The van der Waals surface area contributed by atoms with E-state index in [0.717, 1.165) is 23.7 Å². The maximum atomic E-state index is 3.75. The summed E-state index contributed by atoms with van der Waals surface area (Å²) in [6.07, 6.45) is 5.79. The Balaban J connectivity index is 2.51. The van der Waals surface area contributed by atoms with Crippen LogP contribution in [0.4, 0.5) is 0 Å². The van der Waals surface area contributed by atoms with Gasteiger partial charge in [-0.25, -0.2) is 0 Å². The van der Waals surface area contributed by atoms with Crippen molar-refractivity contribution in [3.8, 4) is 0 Å². The van der Waals surface area contributed by atoms with Crippen LogP contribution >= 0.6 is 11.8 Å². The molecule has 120 valence electrons. The lowest BCUT2D eigenvalue weighted by molar-refractivity contribution is 0.136. The van der Waals surface area contributed by atoms with Crippen LogP contribution in [-0.4, -0.2) is 23.6 Å². The van der Waals surface area contributed by atoms with Crippen molar-refractivity contribution in [2.45, 2.75) is 72.8 Å². The van der Waals surface area contributed by atoms with Crippen LogP contribution in [0.5, 0.6) is 0 Å². The third kappa shape index (κ3) is 6.85. The zero-order chi connectivity index (χ0) is 15.2. The van der Waals surface area contributed by atoms with Gasteiger partial charge >= 0.3 is 0 Å². The van der Waals surface area contributed by atoms with E-state index in [9.17, 15) is 0 Å². The van der Waals surface area contributed by atoms with Crippen molar-refractivity contribution < 1.29 is 0 Å². The molecule has 3 unspecified atom stereocenters. The van der Waals surface area contributed by atoms with E-state index in [4.69, 9.17) is 0 Å². The molecule has 1 rings (SSSR count). The predicted molar refractivity (Wildman–Crippen MR) is 94.5 cm³/mol. The second-order valence-electron chi connectivity index (χ2n) is 7.95. The smallest absolute Gasteiger partial charge is 0.00966 e. The van der Waals surface area contributed by atoms with Crippen LogP contribution in [0.2, 0.25) is 0 Å². The fourth-order valence-corrected chi connectivity index (χ4v) is 4.17. The fraction of sp³-hybridized carbons (Fsp3) is 1.00. The number of nitrogens with one attached hydrogen (secondary N) is 1. The Bertz CT molecular complexity index is 257. The minimum Gasteiger partial charge on any atom is -0.312 e. The molecule has 0 spiro atoms. The van der Waals surface area contributed by atoms with E-state index in [2.05, 4.69) is 58.6 Å². The van der Waals surface area contributed by atoms with Crippen LogP contribution in [0.15, 0.2) is 0 Å². The molecule has 0 amide bonds. The van der Waals surface area contributed by atoms with Gasteiger partial charge in [0.15, 0.2) is 0 Å². The summed E-state index contributed by atoms with van der Waals surface area (Å²) in [7, 11) is 0. The van der Waals surface area contributed by atoms with E-state index in [1.54, 1.807) is 0 Å². The van der Waals surface area contributed by atoms with Gasteiger partial charge in [-0.1, -0.05) is 20.8 Å². The third-order valence-corrected chi connectivity index (χ3v) is 5.79. The largest absolute Gasteiger partial charge is 0.312 e. The molecular formula is C18H37NS. The normalized spacial score (nSPS) is 28.1. The van der Waals surface area contributed by atoms with Gasteiger partial charge in [-0.2, -0.15) is 11.8 Å². The van der Waals surface area contributed by atoms with E-state index >= 15 is 0 Å². The topological polar surface area (TPSA) is 12.0 Å². The summed E-state index contributed by atoms with van der Waals surface area (Å²) in [5, 5.41) is 3.75. The Kier molecular flexibility index (Phi) is 7.97. The highest BCUT2D eigenvalue weighted by atomic mass is 32.2. The second kappa shape index (κ2) is 8.68. The van der Waals surface area contributed by atoms with Gasteiger partial charge in [-0.3, -0.25) is 0 Å². The van der Waals surface area contributed by atoms with Crippen LogP contribution in [0.25, 0.3) is 0 Å². The van der Waals surface area contributed by atoms with Gasteiger partial charge in [0.05, 0.1) is 0 Å². The molecule has 0 bridgehead atoms. The number of thioether (sulfide) groups is 1. The summed E-state index contributed by atoms with van der Waals surface area (Å²) in [6, 6.07) is 0. The lowest BCUT2D eigenvalue weighted by Crippen LogP contribution is -2.42. The SMILES string of the molecule is CCSCCC1CC(C(C)C)CCC1CNC(C)(C)C. The van der Waals surface area contributed by atoms with Gasteiger partial charge in [0.1, 0.15) is 0 Å². The molecule has 0 aromatic carbocycles. The van der Waals surface area contributed by atoms with Crippen LogP contribution in [-0.2, 0) is 0 Å². The molecule has 0 aromatic rings. The van der Waals surface area contributed by atoms with Crippen molar-refractivity contribution in [2.75, 3.05) is 18.1 Å². The van der Waals surface area contributed by atoms with E-state index in [-0.39, 0.29) is 5.54 Å². The monoisotopic (exact) mass is 299 g/mol. The average molecular weight is 300 g/mol. The van der Waals surface area contributed by atoms with Crippen molar-refractivity contribution >= 4 is 11.8 Å². The van der Waals surface area contributed by atoms with Gasteiger partial charge < -0.3 is 5.32 Å². The van der Waals surface area contributed by atoms with Crippen LogP contribution in [0.1, 0.15) is 67.2 Å². The lowest BCUT2D eigenvalue weighted by atomic mass is 9.69. The second-order valence-corrected chi connectivity index (χ2v) is 9.35. The zero-order valence-electron chi connectivity index (χ0n) is 14.7. The lowest BCUT2D eigenvalue weighted by Gasteiger charge is -2.39. The molecule has 0 radical (unpaired) electrons. The molecule has 1 aliphatic rings. The molecular weight excluding hydrogens is 262 g/mol. The Morgan fingerprint density at radius 2 is 1.85 bits per heavy atom. The first kappa shape index (κ1) is 18.4. The predicted octanol–water partition coefficient (Wildman–Crippen LogP) is 5.21. The number of hydrogen-bond acceptors (Lipinski definition) is 2. The highest BCUT2D eigenvalue weighted by molar-refractivity contribution is 7.99. The minimum absolute atomic E-state index is 0.262. The summed E-state index contributed by atoms with van der Waals surface area (Å²) >= 11 is 2.12. The molecule has 1 saturated carbocycles. The summed E-state index contributed by atoms with van der Waals surface area (Å²) in [5.41, 5.74) is 0.262. The van der Waals surface area contributed by atoms with Crippen LogP contribution in [0, 0.1) is 23.7 Å². The Labute approximate surface area is 132 Å². The highest BCUT2D eigenvalue weighted by Crippen LogP contribution is 2.39. The van der Waals surface area contributed by atoms with Crippen molar-refractivity contribution in [1.82, 2.24) is 5.32 Å². The number of hydrogen-bond donors (Lipinski definition) is 1. The van der Waals surface area contributed by atoms with Crippen molar-refractivity contribution in [3.05, 3.63) is 0 Å². The van der Waals surface area contributed by atoms with E-state index in [0.29, 0.717) is 0 Å². The quantitative estimate of drug-likeness (QED) is 0.648. The van der Waals surface area contributed by atoms with E-state index in [1.807, 2.05) is 0 Å². The molecule has 0 saturated heterocycles. The zero-order valence-corrected chi connectivity index (χ0v) is 15.5. The molecule has 1 N–H and O–H groups in total. The first-order valence-corrected chi connectivity index (χ1v) is 9.81. The summed E-state index contributed by atoms with van der Waals surface area (Å²) in [4.78, 5) is 0. The van der Waals surface area contributed by atoms with Crippen molar-refractivity contribution in [3.63, 3.8) is 0 Å². The first-order valence-electron chi connectivity index (χ1n) is 8.66. The molecule has 1 fully saturated rings. The third-order valence-electron chi connectivity index (χ3n) is 4.85. The Hall–Kier alpha value is 0.310. The summed E-state index contributed by atoms with van der Waals surface area (Å²) < 4.78 is 0. The maximum absolute atomic E-state index is 3.75. The van der Waals surface area contributed by atoms with Crippen LogP contribution < -0.4 is 5.32 Å². The average Bonchev–Trinajstić information content (AvgIpc) is 2.36. The first-order chi connectivity index (χ1) is 9.33. The van der Waals surface area contributed by atoms with Gasteiger partial charge in [-0.05, 0) is 88.2 Å². The van der Waals surface area contributed by atoms with Crippen molar-refractivity contribution in [1.29, 1.82) is 0 Å². The molecule has 1 aliphatic carbocycles. The van der Waals surface area contributed by atoms with Gasteiger partial charge in [0, 0.05) is 5.54 Å². The molecule has 0 aliphatic heterocycles.